The maximum Gasteiger partial charge on any atom is 0.341 e. The summed E-state index contributed by atoms with van der Waals surface area (Å²) in [6.45, 7) is 6.72. The number of rotatable bonds is 7. The first-order chi connectivity index (χ1) is 9.86. The van der Waals surface area contributed by atoms with Crippen molar-refractivity contribution >= 4 is 5.97 Å². The third-order valence-electron chi connectivity index (χ3n) is 3.30. The number of hydrogen-bond acceptors (Lipinski definition) is 5. The van der Waals surface area contributed by atoms with Crippen molar-refractivity contribution in [3.8, 4) is 11.5 Å². The molecule has 1 aromatic carbocycles. The van der Waals surface area contributed by atoms with Crippen LogP contribution in [-0.4, -0.2) is 49.3 Å². The zero-order chi connectivity index (χ0) is 16.0. The first-order valence-corrected chi connectivity index (χ1v) is 7.16. The largest absolute Gasteiger partial charge is 0.508 e. The SMILES string of the molecule is CCOc1cc(O)ccc1C(=O)OC[C@H](C(C)C)N(C)C. The summed E-state index contributed by atoms with van der Waals surface area (Å²) in [6, 6.07) is 4.54. The Morgan fingerprint density at radius 2 is 2.00 bits per heavy atom. The maximum absolute atomic E-state index is 12.2. The number of likely N-dealkylation sites (N-methyl/N-ethyl adjacent to an activating group) is 1. The second kappa shape index (κ2) is 7.88. The van der Waals surface area contributed by atoms with Crippen molar-refractivity contribution in [3.05, 3.63) is 23.8 Å². The van der Waals surface area contributed by atoms with Gasteiger partial charge in [0.25, 0.3) is 0 Å². The fourth-order valence-electron chi connectivity index (χ4n) is 2.13. The Bertz CT molecular complexity index is 463. The molecule has 1 N–H and O–H groups in total. The predicted octanol–water partition coefficient (Wildman–Crippen LogP) is 2.53. The molecule has 0 radical (unpaired) electrons. The molecule has 0 aromatic heterocycles. The molecule has 0 unspecified atom stereocenters. The number of esters is 1. The van der Waals surface area contributed by atoms with Crippen molar-refractivity contribution in [2.24, 2.45) is 5.92 Å². The molecule has 0 saturated heterocycles. The summed E-state index contributed by atoms with van der Waals surface area (Å²) in [5, 5.41) is 9.47. The van der Waals surface area contributed by atoms with Crippen molar-refractivity contribution in [1.82, 2.24) is 4.90 Å². The van der Waals surface area contributed by atoms with Crippen LogP contribution in [0.4, 0.5) is 0 Å². The van der Waals surface area contributed by atoms with Crippen LogP contribution in [0, 0.1) is 5.92 Å². The number of phenols is 1. The van der Waals surface area contributed by atoms with Gasteiger partial charge in [0.1, 0.15) is 23.7 Å². The third-order valence-corrected chi connectivity index (χ3v) is 3.30. The van der Waals surface area contributed by atoms with E-state index in [1.807, 2.05) is 25.9 Å². The van der Waals surface area contributed by atoms with E-state index >= 15 is 0 Å². The van der Waals surface area contributed by atoms with E-state index in [2.05, 4.69) is 13.8 Å². The molecule has 0 aliphatic heterocycles. The van der Waals surface area contributed by atoms with Crippen LogP contribution in [0.15, 0.2) is 18.2 Å². The molecule has 0 fully saturated rings. The summed E-state index contributed by atoms with van der Waals surface area (Å²) in [7, 11) is 3.93. The van der Waals surface area contributed by atoms with E-state index in [0.717, 1.165) is 0 Å². The summed E-state index contributed by atoms with van der Waals surface area (Å²) in [4.78, 5) is 14.2. The normalized spacial score (nSPS) is 12.5. The van der Waals surface area contributed by atoms with Crippen LogP contribution in [0.1, 0.15) is 31.1 Å². The van der Waals surface area contributed by atoms with Gasteiger partial charge in [-0.2, -0.15) is 0 Å². The lowest BCUT2D eigenvalue weighted by Gasteiger charge is -2.27. The first kappa shape index (κ1) is 17.3. The Morgan fingerprint density at radius 1 is 1.33 bits per heavy atom. The Kier molecular flexibility index (Phi) is 6.49. The summed E-state index contributed by atoms with van der Waals surface area (Å²) in [5.74, 6) is 0.335. The van der Waals surface area contributed by atoms with Gasteiger partial charge in [-0.15, -0.1) is 0 Å². The van der Waals surface area contributed by atoms with Crippen LogP contribution in [0.25, 0.3) is 0 Å². The molecule has 0 heterocycles. The highest BCUT2D eigenvalue weighted by Gasteiger charge is 2.20. The van der Waals surface area contributed by atoms with Gasteiger partial charge in [-0.3, -0.25) is 0 Å². The number of nitrogens with zero attached hydrogens (tertiary/aromatic N) is 1. The number of aromatic hydroxyl groups is 1. The first-order valence-electron chi connectivity index (χ1n) is 7.16. The van der Waals surface area contributed by atoms with E-state index in [4.69, 9.17) is 9.47 Å². The summed E-state index contributed by atoms with van der Waals surface area (Å²) >= 11 is 0. The molecule has 0 saturated carbocycles. The summed E-state index contributed by atoms with van der Waals surface area (Å²) in [6.07, 6.45) is 0. The topological polar surface area (TPSA) is 59.0 Å². The highest BCUT2D eigenvalue weighted by Crippen LogP contribution is 2.25. The fourth-order valence-corrected chi connectivity index (χ4v) is 2.13. The molecule has 0 aliphatic rings. The van der Waals surface area contributed by atoms with Gasteiger partial charge in [-0.25, -0.2) is 4.79 Å². The Hall–Kier alpha value is -1.75. The lowest BCUT2D eigenvalue weighted by Crippen LogP contribution is -2.37. The minimum atomic E-state index is -0.439. The average molecular weight is 295 g/mol. The number of carbonyl (C=O) groups is 1. The number of benzene rings is 1. The smallest absolute Gasteiger partial charge is 0.341 e. The molecule has 1 rings (SSSR count). The van der Waals surface area contributed by atoms with Gasteiger partial charge in [0.15, 0.2) is 0 Å². The Labute approximate surface area is 126 Å². The van der Waals surface area contributed by atoms with Crippen molar-refractivity contribution in [2.75, 3.05) is 27.3 Å². The number of phenolic OH excluding ortho intramolecular Hbond substituents is 1. The van der Waals surface area contributed by atoms with E-state index in [1.165, 1.54) is 18.2 Å². The third kappa shape index (κ3) is 4.93. The highest BCUT2D eigenvalue weighted by molar-refractivity contribution is 5.92. The molecular weight excluding hydrogens is 270 g/mol. The van der Waals surface area contributed by atoms with Gasteiger partial charge in [0.05, 0.1) is 6.61 Å². The van der Waals surface area contributed by atoms with Crippen LogP contribution in [0.2, 0.25) is 0 Å². The predicted molar refractivity (Wildman–Crippen MR) is 81.9 cm³/mol. The number of ether oxygens (including phenoxy) is 2. The number of hydrogen-bond donors (Lipinski definition) is 1. The molecule has 0 spiro atoms. The zero-order valence-corrected chi connectivity index (χ0v) is 13.4. The van der Waals surface area contributed by atoms with Crippen molar-refractivity contribution < 1.29 is 19.4 Å². The van der Waals surface area contributed by atoms with Crippen molar-refractivity contribution in [2.45, 2.75) is 26.8 Å². The zero-order valence-electron chi connectivity index (χ0n) is 13.4. The second-order valence-corrected chi connectivity index (χ2v) is 5.49. The average Bonchev–Trinajstić information content (AvgIpc) is 2.38. The summed E-state index contributed by atoms with van der Waals surface area (Å²) < 4.78 is 10.8. The van der Waals surface area contributed by atoms with Gasteiger partial charge < -0.3 is 19.5 Å². The van der Waals surface area contributed by atoms with E-state index in [0.29, 0.717) is 30.4 Å². The molecule has 0 bridgehead atoms. The molecule has 0 aliphatic carbocycles. The minimum absolute atomic E-state index is 0.0587. The second-order valence-electron chi connectivity index (χ2n) is 5.49. The van der Waals surface area contributed by atoms with E-state index in [9.17, 15) is 9.90 Å². The van der Waals surface area contributed by atoms with Gasteiger partial charge in [-0.1, -0.05) is 13.8 Å². The summed E-state index contributed by atoms with van der Waals surface area (Å²) in [5.41, 5.74) is 0.330. The monoisotopic (exact) mass is 295 g/mol. The Balaban J connectivity index is 2.80. The van der Waals surface area contributed by atoms with Crippen LogP contribution in [0.5, 0.6) is 11.5 Å². The minimum Gasteiger partial charge on any atom is -0.508 e. The Morgan fingerprint density at radius 3 is 2.52 bits per heavy atom. The van der Waals surface area contributed by atoms with Gasteiger partial charge in [0.2, 0.25) is 0 Å². The van der Waals surface area contributed by atoms with E-state index < -0.39 is 5.97 Å². The van der Waals surface area contributed by atoms with Gasteiger partial charge in [-0.05, 0) is 39.1 Å². The van der Waals surface area contributed by atoms with Crippen molar-refractivity contribution in [3.63, 3.8) is 0 Å². The maximum atomic E-state index is 12.2. The van der Waals surface area contributed by atoms with Crippen LogP contribution in [-0.2, 0) is 4.74 Å². The number of carbonyl (C=O) groups excluding carboxylic acids is 1. The van der Waals surface area contributed by atoms with Crippen LogP contribution in [0.3, 0.4) is 0 Å². The van der Waals surface area contributed by atoms with Gasteiger partial charge >= 0.3 is 5.97 Å². The highest BCUT2D eigenvalue weighted by atomic mass is 16.5. The molecule has 0 amide bonds. The lowest BCUT2D eigenvalue weighted by molar-refractivity contribution is 0.0346. The van der Waals surface area contributed by atoms with Crippen LogP contribution >= 0.6 is 0 Å². The molecule has 1 atom stereocenters. The molecule has 118 valence electrons. The fraction of sp³-hybridized carbons (Fsp3) is 0.562. The molecular formula is C16H25NO4. The van der Waals surface area contributed by atoms with Crippen molar-refractivity contribution in [1.29, 1.82) is 0 Å². The van der Waals surface area contributed by atoms with E-state index in [1.54, 1.807) is 0 Å². The molecule has 5 nitrogen and oxygen atoms in total. The molecule has 21 heavy (non-hydrogen) atoms. The quantitative estimate of drug-likeness (QED) is 0.783. The molecule has 5 heteroatoms. The van der Waals surface area contributed by atoms with Gasteiger partial charge in [0, 0.05) is 12.1 Å². The molecule has 1 aromatic rings. The lowest BCUT2D eigenvalue weighted by atomic mass is 10.0. The van der Waals surface area contributed by atoms with Crippen LogP contribution < -0.4 is 4.74 Å². The van der Waals surface area contributed by atoms with E-state index in [-0.39, 0.29) is 11.8 Å². The standard InChI is InChI=1S/C16H25NO4/c1-6-20-15-9-12(18)7-8-13(15)16(19)21-10-14(11(2)3)17(4)5/h7-9,11,14,18H,6,10H2,1-5H3/t14-/m1/s1.